The zero-order chi connectivity index (χ0) is 27.3. The number of carbonyl (C=O) groups excluding carboxylic acids is 3. The van der Waals surface area contributed by atoms with E-state index in [-0.39, 0.29) is 43.3 Å². The first-order chi connectivity index (χ1) is 17.6. The van der Waals surface area contributed by atoms with Gasteiger partial charge in [0.15, 0.2) is 0 Å². The van der Waals surface area contributed by atoms with Crippen LogP contribution in [0.15, 0.2) is 55.6 Å². The largest absolute Gasteiger partial charge is 0.463 e. The van der Waals surface area contributed by atoms with E-state index in [4.69, 9.17) is 4.74 Å². The molecule has 1 fully saturated rings. The summed E-state index contributed by atoms with van der Waals surface area (Å²) in [6.45, 7) is 11.0. The third kappa shape index (κ3) is 10.2. The molecule has 2 amide bonds. The summed E-state index contributed by atoms with van der Waals surface area (Å²) in [7, 11) is 0. The fourth-order valence-corrected chi connectivity index (χ4v) is 4.79. The van der Waals surface area contributed by atoms with E-state index in [2.05, 4.69) is 23.8 Å². The summed E-state index contributed by atoms with van der Waals surface area (Å²) in [6.07, 6.45) is 9.06. The van der Waals surface area contributed by atoms with Gasteiger partial charge >= 0.3 is 5.97 Å². The maximum atomic E-state index is 13.1. The Morgan fingerprint density at radius 3 is 2.38 bits per heavy atom. The summed E-state index contributed by atoms with van der Waals surface area (Å²) in [5.74, 6) is -1.77. The minimum absolute atomic E-state index is 0.00380. The van der Waals surface area contributed by atoms with Gasteiger partial charge in [0.25, 0.3) is 0 Å². The van der Waals surface area contributed by atoms with Gasteiger partial charge in [-0.25, -0.2) is 0 Å². The molecule has 0 aliphatic heterocycles. The number of aliphatic hydroxyl groups is 1. The van der Waals surface area contributed by atoms with Gasteiger partial charge in [0, 0.05) is 6.42 Å². The summed E-state index contributed by atoms with van der Waals surface area (Å²) in [4.78, 5) is 38.8. The van der Waals surface area contributed by atoms with Gasteiger partial charge in [-0.05, 0) is 57.9 Å². The Morgan fingerprint density at radius 1 is 1.11 bits per heavy atom. The lowest BCUT2D eigenvalue weighted by atomic mass is 9.94. The Morgan fingerprint density at radius 2 is 1.78 bits per heavy atom. The molecule has 2 rings (SSSR count). The third-order valence-corrected chi connectivity index (χ3v) is 6.94. The molecule has 7 nitrogen and oxygen atoms in total. The van der Waals surface area contributed by atoms with E-state index in [0.717, 1.165) is 31.2 Å². The minimum Gasteiger partial charge on any atom is -0.463 e. The van der Waals surface area contributed by atoms with Crippen molar-refractivity contribution < 1.29 is 24.2 Å². The smallest absolute Gasteiger partial charge is 0.309 e. The SMILES string of the molecule is C=CCC[C@H](Cc1ccccc1)C(=O)OCC(C)(C)NC(=O)[C@H](CC=C)CC(=O)NC1(CO)CCCC1. The summed E-state index contributed by atoms with van der Waals surface area (Å²) in [6, 6.07) is 9.81. The normalized spacial score (nSPS) is 16.3. The standard InChI is InChI=1S/C30H44N2O5/c1-5-7-16-25(19-23-14-9-8-10-15-23)28(36)37-22-29(3,4)32-27(35)24(13-6-2)20-26(34)31-30(21-33)17-11-12-18-30/h5-6,8-10,14-15,24-25,33H,1-2,7,11-13,16-22H2,3-4H3,(H,31,34)(H,32,35)/t24-,25-/m1/s1. The van der Waals surface area contributed by atoms with Crippen LogP contribution < -0.4 is 10.6 Å². The predicted octanol–water partition coefficient (Wildman–Crippen LogP) is 4.25. The van der Waals surface area contributed by atoms with Gasteiger partial charge < -0.3 is 20.5 Å². The molecule has 0 aromatic heterocycles. The molecular formula is C30H44N2O5. The zero-order valence-corrected chi connectivity index (χ0v) is 22.5. The zero-order valence-electron chi connectivity index (χ0n) is 22.5. The second kappa shape index (κ2) is 14.7. The van der Waals surface area contributed by atoms with Gasteiger partial charge in [0.2, 0.25) is 11.8 Å². The first-order valence-electron chi connectivity index (χ1n) is 13.3. The van der Waals surface area contributed by atoms with Crippen molar-refractivity contribution in [3.05, 3.63) is 61.2 Å². The Kier molecular flexibility index (Phi) is 12.1. The van der Waals surface area contributed by atoms with Gasteiger partial charge in [-0.1, -0.05) is 55.3 Å². The van der Waals surface area contributed by atoms with Crippen molar-refractivity contribution in [2.75, 3.05) is 13.2 Å². The van der Waals surface area contributed by atoms with Crippen molar-refractivity contribution in [3.8, 4) is 0 Å². The number of ether oxygens (including phenoxy) is 1. The summed E-state index contributed by atoms with van der Waals surface area (Å²) < 4.78 is 5.66. The van der Waals surface area contributed by atoms with Crippen molar-refractivity contribution >= 4 is 17.8 Å². The second-order valence-electron chi connectivity index (χ2n) is 10.9. The highest BCUT2D eigenvalue weighted by molar-refractivity contribution is 5.86. The first-order valence-corrected chi connectivity index (χ1v) is 13.3. The van der Waals surface area contributed by atoms with Crippen molar-refractivity contribution in [1.82, 2.24) is 10.6 Å². The molecule has 1 aliphatic rings. The van der Waals surface area contributed by atoms with Crippen LogP contribution in [0.3, 0.4) is 0 Å². The monoisotopic (exact) mass is 512 g/mol. The molecule has 0 bridgehead atoms. The summed E-state index contributed by atoms with van der Waals surface area (Å²) in [5, 5.41) is 15.7. The Balaban J connectivity index is 1.94. The molecule has 0 unspecified atom stereocenters. The average molecular weight is 513 g/mol. The van der Waals surface area contributed by atoms with Crippen molar-refractivity contribution in [3.63, 3.8) is 0 Å². The van der Waals surface area contributed by atoms with Crippen LogP contribution >= 0.6 is 0 Å². The number of hydrogen-bond donors (Lipinski definition) is 3. The summed E-state index contributed by atoms with van der Waals surface area (Å²) >= 11 is 0. The molecule has 0 heterocycles. The Hall–Kier alpha value is -2.93. The van der Waals surface area contributed by atoms with Crippen LogP contribution in [0.25, 0.3) is 0 Å². The Bertz CT molecular complexity index is 906. The van der Waals surface area contributed by atoms with Gasteiger partial charge in [-0.3, -0.25) is 14.4 Å². The molecule has 0 radical (unpaired) electrons. The number of allylic oxidation sites excluding steroid dienone is 2. The Labute approximate surface area is 221 Å². The van der Waals surface area contributed by atoms with Crippen molar-refractivity contribution in [2.45, 2.75) is 82.7 Å². The van der Waals surface area contributed by atoms with E-state index in [1.807, 2.05) is 30.3 Å². The van der Waals surface area contributed by atoms with E-state index < -0.39 is 17.0 Å². The molecule has 7 heteroatoms. The lowest BCUT2D eigenvalue weighted by Crippen LogP contribution is -2.52. The maximum absolute atomic E-state index is 13.1. The fourth-order valence-electron chi connectivity index (χ4n) is 4.79. The highest BCUT2D eigenvalue weighted by Gasteiger charge is 2.36. The van der Waals surface area contributed by atoms with Gasteiger partial charge in [0.1, 0.15) is 6.61 Å². The lowest BCUT2D eigenvalue weighted by Gasteiger charge is -2.30. The topological polar surface area (TPSA) is 105 Å². The van der Waals surface area contributed by atoms with Crippen LogP contribution in [0, 0.1) is 11.8 Å². The van der Waals surface area contributed by atoms with Crippen LogP contribution in [0.4, 0.5) is 0 Å². The molecule has 2 atom stereocenters. The molecule has 204 valence electrons. The van der Waals surface area contributed by atoms with Crippen LogP contribution in [0.5, 0.6) is 0 Å². The molecule has 1 aromatic carbocycles. The van der Waals surface area contributed by atoms with E-state index in [9.17, 15) is 19.5 Å². The number of nitrogens with one attached hydrogen (secondary N) is 2. The van der Waals surface area contributed by atoms with E-state index >= 15 is 0 Å². The molecule has 3 N–H and O–H groups in total. The number of rotatable bonds is 16. The van der Waals surface area contributed by atoms with Gasteiger partial charge in [-0.2, -0.15) is 0 Å². The van der Waals surface area contributed by atoms with Crippen molar-refractivity contribution in [1.29, 1.82) is 0 Å². The predicted molar refractivity (Wildman–Crippen MR) is 146 cm³/mol. The minimum atomic E-state index is -0.823. The molecule has 1 aliphatic carbocycles. The number of carbonyl (C=O) groups is 3. The van der Waals surface area contributed by atoms with E-state index in [1.54, 1.807) is 26.0 Å². The quantitative estimate of drug-likeness (QED) is 0.227. The maximum Gasteiger partial charge on any atom is 0.309 e. The lowest BCUT2D eigenvalue weighted by molar-refractivity contribution is -0.151. The number of aliphatic hydroxyl groups excluding tert-OH is 1. The molecular weight excluding hydrogens is 468 g/mol. The van der Waals surface area contributed by atoms with E-state index in [1.165, 1.54) is 0 Å². The van der Waals surface area contributed by atoms with Crippen LogP contribution in [0.2, 0.25) is 0 Å². The van der Waals surface area contributed by atoms with Gasteiger partial charge in [0.05, 0.1) is 29.5 Å². The molecule has 37 heavy (non-hydrogen) atoms. The number of amides is 2. The highest BCUT2D eigenvalue weighted by Crippen LogP contribution is 2.29. The number of benzene rings is 1. The van der Waals surface area contributed by atoms with E-state index in [0.29, 0.717) is 25.7 Å². The van der Waals surface area contributed by atoms with Crippen LogP contribution in [-0.4, -0.2) is 47.2 Å². The molecule has 1 saturated carbocycles. The van der Waals surface area contributed by atoms with Crippen LogP contribution in [-0.2, 0) is 25.5 Å². The summed E-state index contributed by atoms with van der Waals surface area (Å²) in [5.41, 5.74) is -0.343. The first kappa shape index (κ1) is 30.3. The molecule has 0 saturated heterocycles. The second-order valence-corrected chi connectivity index (χ2v) is 10.9. The fraction of sp³-hybridized carbons (Fsp3) is 0.567. The average Bonchev–Trinajstić information content (AvgIpc) is 3.34. The van der Waals surface area contributed by atoms with Crippen molar-refractivity contribution in [2.24, 2.45) is 11.8 Å². The number of esters is 1. The van der Waals surface area contributed by atoms with Crippen LogP contribution in [0.1, 0.15) is 70.8 Å². The molecule has 1 aromatic rings. The highest BCUT2D eigenvalue weighted by atomic mass is 16.5. The van der Waals surface area contributed by atoms with Gasteiger partial charge in [-0.15, -0.1) is 13.2 Å². The number of hydrogen-bond acceptors (Lipinski definition) is 5. The third-order valence-electron chi connectivity index (χ3n) is 6.94. The molecule has 0 spiro atoms.